The van der Waals surface area contributed by atoms with Crippen LogP contribution in [0.1, 0.15) is 36.1 Å². The van der Waals surface area contributed by atoms with Crippen molar-refractivity contribution < 1.29 is 13.2 Å². The first-order chi connectivity index (χ1) is 9.95. The van der Waals surface area contributed by atoms with Gasteiger partial charge in [0.2, 0.25) is 0 Å². The van der Waals surface area contributed by atoms with Crippen LogP contribution in [-0.4, -0.2) is 36.4 Å². The highest BCUT2D eigenvalue weighted by Crippen LogP contribution is 2.32. The number of halogens is 3. The molecule has 6 nitrogen and oxygen atoms in total. The largest absolute Gasteiger partial charge is 0.435 e. The number of H-pyrrole nitrogens is 1. The Labute approximate surface area is 119 Å². The van der Waals surface area contributed by atoms with E-state index in [1.807, 2.05) is 0 Å². The second-order valence-corrected chi connectivity index (χ2v) is 5.14. The van der Waals surface area contributed by atoms with Gasteiger partial charge in [0.15, 0.2) is 5.69 Å². The fourth-order valence-corrected chi connectivity index (χ4v) is 2.70. The van der Waals surface area contributed by atoms with Crippen molar-refractivity contribution in [2.45, 2.75) is 31.6 Å². The Morgan fingerprint density at radius 3 is 2.86 bits per heavy atom. The number of aromatic nitrogens is 5. The number of likely N-dealkylation sites (tertiary alicyclic amines) is 1. The number of alkyl halides is 3. The molecule has 1 N–H and O–H groups in total. The summed E-state index contributed by atoms with van der Waals surface area (Å²) in [5, 5.41) is 10.2. The van der Waals surface area contributed by atoms with Gasteiger partial charge in [-0.1, -0.05) is 0 Å². The molecule has 114 valence electrons. The molecular formula is C12H15F3N6. The third-order valence-electron chi connectivity index (χ3n) is 3.75. The van der Waals surface area contributed by atoms with E-state index in [9.17, 15) is 13.2 Å². The number of aryl methyl sites for hydroxylation is 1. The third kappa shape index (κ3) is 2.78. The van der Waals surface area contributed by atoms with E-state index >= 15 is 0 Å². The monoisotopic (exact) mass is 300 g/mol. The molecule has 3 rings (SSSR count). The van der Waals surface area contributed by atoms with E-state index in [0.29, 0.717) is 12.2 Å². The summed E-state index contributed by atoms with van der Waals surface area (Å²) in [5.74, 6) is 0.755. The first kappa shape index (κ1) is 14.1. The van der Waals surface area contributed by atoms with Crippen LogP contribution in [-0.2, 0) is 19.8 Å². The van der Waals surface area contributed by atoms with Crippen LogP contribution in [0, 0.1) is 0 Å². The Kier molecular flexibility index (Phi) is 3.44. The van der Waals surface area contributed by atoms with Crippen LogP contribution in [0.15, 0.2) is 12.4 Å². The average molecular weight is 300 g/mol. The third-order valence-corrected chi connectivity index (χ3v) is 3.75. The number of aromatic amines is 1. The number of hydrogen-bond donors (Lipinski definition) is 1. The van der Waals surface area contributed by atoms with Gasteiger partial charge in [-0.2, -0.15) is 23.4 Å². The lowest BCUT2D eigenvalue weighted by molar-refractivity contribution is -0.141. The lowest BCUT2D eigenvalue weighted by Crippen LogP contribution is -2.24. The Morgan fingerprint density at radius 2 is 2.24 bits per heavy atom. The zero-order valence-corrected chi connectivity index (χ0v) is 11.4. The first-order valence-electron chi connectivity index (χ1n) is 6.64. The predicted molar refractivity (Wildman–Crippen MR) is 67.0 cm³/mol. The molecule has 0 saturated carbocycles. The van der Waals surface area contributed by atoms with Crippen molar-refractivity contribution in [3.63, 3.8) is 0 Å². The molecule has 0 aliphatic carbocycles. The van der Waals surface area contributed by atoms with Crippen molar-refractivity contribution >= 4 is 0 Å². The van der Waals surface area contributed by atoms with Gasteiger partial charge < -0.3 is 0 Å². The van der Waals surface area contributed by atoms with Crippen LogP contribution < -0.4 is 0 Å². The minimum Gasteiger partial charge on any atom is -0.288 e. The quantitative estimate of drug-likeness (QED) is 0.940. The Morgan fingerprint density at radius 1 is 1.43 bits per heavy atom. The number of nitrogens with zero attached hydrogens (tertiary/aromatic N) is 5. The van der Waals surface area contributed by atoms with E-state index in [0.717, 1.165) is 31.3 Å². The number of hydrogen-bond acceptors (Lipinski definition) is 4. The van der Waals surface area contributed by atoms with Crippen LogP contribution in [0.5, 0.6) is 0 Å². The van der Waals surface area contributed by atoms with Crippen LogP contribution >= 0.6 is 0 Å². The zero-order valence-electron chi connectivity index (χ0n) is 11.4. The average Bonchev–Trinajstić information content (AvgIpc) is 3.10. The van der Waals surface area contributed by atoms with Crippen LogP contribution in [0.3, 0.4) is 0 Å². The summed E-state index contributed by atoms with van der Waals surface area (Å²) in [6, 6.07) is 1.17. The first-order valence-corrected chi connectivity index (χ1v) is 6.64. The van der Waals surface area contributed by atoms with Crippen molar-refractivity contribution in [3.05, 3.63) is 29.6 Å². The highest BCUT2D eigenvalue weighted by molar-refractivity contribution is 5.14. The van der Waals surface area contributed by atoms with E-state index in [1.54, 1.807) is 0 Å². The summed E-state index contributed by atoms with van der Waals surface area (Å²) >= 11 is 0. The zero-order chi connectivity index (χ0) is 15.0. The fourth-order valence-electron chi connectivity index (χ4n) is 2.70. The highest BCUT2D eigenvalue weighted by Gasteiger charge is 2.35. The number of nitrogens with one attached hydrogen (secondary N) is 1. The summed E-state index contributed by atoms with van der Waals surface area (Å²) in [7, 11) is 1.53. The maximum absolute atomic E-state index is 12.7. The Bertz CT molecular complexity index is 603. The second kappa shape index (κ2) is 5.14. The molecule has 2 aromatic heterocycles. The molecule has 0 spiro atoms. The topological polar surface area (TPSA) is 62.6 Å². The summed E-state index contributed by atoms with van der Waals surface area (Å²) in [6.07, 6.45) is -1.07. The van der Waals surface area contributed by atoms with Gasteiger partial charge in [-0.25, -0.2) is 4.98 Å². The van der Waals surface area contributed by atoms with Gasteiger partial charge in [-0.15, -0.1) is 0 Å². The van der Waals surface area contributed by atoms with E-state index < -0.39 is 11.9 Å². The van der Waals surface area contributed by atoms with E-state index in [4.69, 9.17) is 0 Å². The van der Waals surface area contributed by atoms with Crippen LogP contribution in [0.2, 0.25) is 0 Å². The van der Waals surface area contributed by atoms with Gasteiger partial charge in [0, 0.05) is 13.6 Å². The second-order valence-electron chi connectivity index (χ2n) is 5.14. The molecule has 0 radical (unpaired) electrons. The molecule has 1 saturated heterocycles. The molecule has 0 aromatic carbocycles. The normalized spacial score (nSPS) is 20.3. The SMILES string of the molecule is Cn1nc(C(F)(F)F)cc1CN1CCC[C@H]1c1ncn[nH]1. The molecule has 0 bridgehead atoms. The van der Waals surface area contributed by atoms with E-state index in [1.165, 1.54) is 18.1 Å². The molecule has 3 heterocycles. The molecule has 0 unspecified atom stereocenters. The summed E-state index contributed by atoms with van der Waals surface area (Å²) in [4.78, 5) is 6.24. The standard InChI is InChI=1S/C12H15F3N6/c1-20-8(5-10(19-20)12(13,14)15)6-21-4-2-3-9(21)11-16-7-17-18-11/h5,7,9H,2-4,6H2,1H3,(H,16,17,18)/t9-/m0/s1. The minimum atomic E-state index is -4.41. The molecular weight excluding hydrogens is 285 g/mol. The minimum absolute atomic E-state index is 0.0664. The summed E-state index contributed by atoms with van der Waals surface area (Å²) in [5.41, 5.74) is -0.316. The van der Waals surface area contributed by atoms with Gasteiger partial charge in [0.25, 0.3) is 0 Å². The summed E-state index contributed by atoms with van der Waals surface area (Å²) in [6.45, 7) is 1.23. The Hall–Kier alpha value is -1.90. The van der Waals surface area contributed by atoms with Gasteiger partial charge in [0.05, 0.1) is 11.7 Å². The maximum atomic E-state index is 12.7. The lowest BCUT2D eigenvalue weighted by Gasteiger charge is -2.22. The number of rotatable bonds is 3. The molecule has 21 heavy (non-hydrogen) atoms. The van der Waals surface area contributed by atoms with Crippen molar-refractivity contribution in [3.8, 4) is 0 Å². The molecule has 0 amide bonds. The van der Waals surface area contributed by atoms with Gasteiger partial charge in [-0.3, -0.25) is 14.7 Å². The maximum Gasteiger partial charge on any atom is 0.435 e. The van der Waals surface area contributed by atoms with Gasteiger partial charge in [-0.05, 0) is 25.5 Å². The Balaban J connectivity index is 1.78. The lowest BCUT2D eigenvalue weighted by atomic mass is 10.2. The van der Waals surface area contributed by atoms with Crippen molar-refractivity contribution in [1.29, 1.82) is 0 Å². The van der Waals surface area contributed by atoms with Gasteiger partial charge in [0.1, 0.15) is 12.2 Å². The molecule has 1 aliphatic rings. The predicted octanol–water partition coefficient (Wildman–Crippen LogP) is 1.89. The summed E-state index contributed by atoms with van der Waals surface area (Å²) < 4.78 is 39.3. The smallest absolute Gasteiger partial charge is 0.288 e. The molecule has 2 aromatic rings. The fraction of sp³-hybridized carbons (Fsp3) is 0.583. The molecule has 1 aliphatic heterocycles. The van der Waals surface area contributed by atoms with Crippen molar-refractivity contribution in [2.24, 2.45) is 7.05 Å². The van der Waals surface area contributed by atoms with Crippen molar-refractivity contribution in [1.82, 2.24) is 29.9 Å². The molecule has 9 heteroatoms. The molecule has 1 fully saturated rings. The van der Waals surface area contributed by atoms with E-state index in [2.05, 4.69) is 25.2 Å². The van der Waals surface area contributed by atoms with Crippen LogP contribution in [0.4, 0.5) is 13.2 Å². The molecule has 1 atom stereocenters. The van der Waals surface area contributed by atoms with E-state index in [-0.39, 0.29) is 6.04 Å². The van der Waals surface area contributed by atoms with Crippen molar-refractivity contribution in [2.75, 3.05) is 6.54 Å². The van der Waals surface area contributed by atoms with Crippen LogP contribution in [0.25, 0.3) is 0 Å². The van der Waals surface area contributed by atoms with Gasteiger partial charge >= 0.3 is 6.18 Å². The highest BCUT2D eigenvalue weighted by atomic mass is 19.4.